The van der Waals surface area contributed by atoms with Crippen LogP contribution in [0.5, 0.6) is 0 Å². The van der Waals surface area contributed by atoms with Crippen molar-refractivity contribution in [3.8, 4) is 0 Å². The molecule has 0 radical (unpaired) electrons. The summed E-state index contributed by atoms with van der Waals surface area (Å²) in [5.41, 5.74) is 1.22. The van der Waals surface area contributed by atoms with Crippen LogP contribution in [0, 0.1) is 5.92 Å². The van der Waals surface area contributed by atoms with E-state index in [0.29, 0.717) is 12.2 Å². The molecule has 0 unspecified atom stereocenters. The zero-order valence-corrected chi connectivity index (χ0v) is 16.0. The highest BCUT2D eigenvalue weighted by molar-refractivity contribution is 9.10. The van der Waals surface area contributed by atoms with E-state index >= 15 is 0 Å². The van der Waals surface area contributed by atoms with Gasteiger partial charge in [0.05, 0.1) is 11.5 Å². The van der Waals surface area contributed by atoms with Crippen molar-refractivity contribution in [1.82, 2.24) is 14.8 Å². The lowest BCUT2D eigenvalue weighted by atomic mass is 10.1. The van der Waals surface area contributed by atoms with Crippen LogP contribution >= 0.6 is 27.7 Å². The summed E-state index contributed by atoms with van der Waals surface area (Å²) in [7, 11) is -0.893. The molecule has 1 fully saturated rings. The average molecular weight is 416 g/mol. The zero-order valence-electron chi connectivity index (χ0n) is 12.8. The molecule has 0 N–H and O–H groups in total. The second-order valence-corrected chi connectivity index (χ2v) is 9.94. The Morgan fingerprint density at radius 3 is 2.91 bits per heavy atom. The number of hydrogen-bond donors (Lipinski definition) is 0. The molecule has 1 aromatic carbocycles. The van der Waals surface area contributed by atoms with Crippen LogP contribution in [0.3, 0.4) is 0 Å². The number of hydrogen-bond acceptors (Lipinski definition) is 5. The van der Waals surface area contributed by atoms with E-state index in [-0.39, 0.29) is 11.7 Å². The van der Waals surface area contributed by atoms with Gasteiger partial charge in [0.15, 0.2) is 15.0 Å². The normalized spacial score (nSPS) is 20.0. The summed E-state index contributed by atoms with van der Waals surface area (Å²) in [6.07, 6.45) is 1.41. The molecule has 8 heteroatoms. The van der Waals surface area contributed by atoms with Crippen molar-refractivity contribution in [2.75, 3.05) is 11.5 Å². The van der Waals surface area contributed by atoms with Crippen molar-refractivity contribution < 1.29 is 8.42 Å². The minimum Gasteiger partial charge on any atom is -0.309 e. The summed E-state index contributed by atoms with van der Waals surface area (Å²) >= 11 is 5.11. The predicted molar refractivity (Wildman–Crippen MR) is 95.2 cm³/mol. The third-order valence-electron chi connectivity index (χ3n) is 3.98. The van der Waals surface area contributed by atoms with Gasteiger partial charge in [0.25, 0.3) is 0 Å². The van der Waals surface area contributed by atoms with E-state index in [9.17, 15) is 8.42 Å². The van der Waals surface area contributed by atoms with Crippen molar-refractivity contribution in [2.24, 2.45) is 13.0 Å². The second kappa shape index (κ2) is 6.94. The lowest BCUT2D eigenvalue weighted by Gasteiger charge is -2.07. The fourth-order valence-electron chi connectivity index (χ4n) is 2.71. The fourth-order valence-corrected chi connectivity index (χ4v) is 5.90. The Morgan fingerprint density at radius 1 is 1.39 bits per heavy atom. The van der Waals surface area contributed by atoms with E-state index in [1.807, 2.05) is 23.7 Å². The van der Waals surface area contributed by atoms with E-state index in [4.69, 9.17) is 0 Å². The highest BCUT2D eigenvalue weighted by atomic mass is 79.9. The Morgan fingerprint density at radius 2 is 2.22 bits per heavy atom. The highest BCUT2D eigenvalue weighted by Crippen LogP contribution is 2.25. The van der Waals surface area contributed by atoms with E-state index in [1.165, 1.54) is 5.56 Å². The first kappa shape index (κ1) is 17.0. The van der Waals surface area contributed by atoms with E-state index in [0.717, 1.165) is 27.6 Å². The average Bonchev–Trinajstić information content (AvgIpc) is 3.01. The minimum atomic E-state index is -2.84. The van der Waals surface area contributed by atoms with E-state index in [2.05, 4.69) is 38.3 Å². The van der Waals surface area contributed by atoms with Crippen LogP contribution in [-0.4, -0.2) is 34.7 Å². The van der Waals surface area contributed by atoms with E-state index in [1.54, 1.807) is 11.8 Å². The van der Waals surface area contributed by atoms with Gasteiger partial charge in [-0.25, -0.2) is 8.42 Å². The Kier molecular flexibility index (Phi) is 5.13. The Labute approximate surface area is 148 Å². The molecule has 124 valence electrons. The maximum Gasteiger partial charge on any atom is 0.191 e. The SMILES string of the molecule is Cn1c(C[C@H]2CCS(=O)(=O)C2)nnc1SCc1cccc(Br)c1. The summed E-state index contributed by atoms with van der Waals surface area (Å²) < 4.78 is 26.2. The minimum absolute atomic E-state index is 0.172. The molecular formula is C15H18BrN3O2S2. The van der Waals surface area contributed by atoms with Gasteiger partial charge in [0, 0.05) is 23.7 Å². The predicted octanol–water partition coefficient (Wildman–Crippen LogP) is 2.85. The molecule has 2 aromatic rings. The van der Waals surface area contributed by atoms with Crippen molar-refractivity contribution in [3.63, 3.8) is 0 Å². The van der Waals surface area contributed by atoms with Gasteiger partial charge in [0.1, 0.15) is 5.82 Å². The smallest absolute Gasteiger partial charge is 0.191 e. The largest absolute Gasteiger partial charge is 0.309 e. The molecule has 2 heterocycles. The van der Waals surface area contributed by atoms with Gasteiger partial charge in [-0.1, -0.05) is 39.8 Å². The summed E-state index contributed by atoms with van der Waals surface area (Å²) in [5.74, 6) is 2.44. The lowest BCUT2D eigenvalue weighted by molar-refractivity contribution is 0.552. The van der Waals surface area contributed by atoms with Crippen LogP contribution in [0.15, 0.2) is 33.9 Å². The van der Waals surface area contributed by atoms with Crippen molar-refractivity contribution in [1.29, 1.82) is 0 Å². The molecule has 0 amide bonds. The van der Waals surface area contributed by atoms with Gasteiger partial charge >= 0.3 is 0 Å². The molecule has 0 spiro atoms. The second-order valence-electron chi connectivity index (χ2n) is 5.85. The molecular weight excluding hydrogens is 398 g/mol. The summed E-state index contributed by atoms with van der Waals surface area (Å²) in [5, 5.41) is 9.35. The molecule has 0 saturated carbocycles. The van der Waals surface area contributed by atoms with Crippen LogP contribution < -0.4 is 0 Å². The third-order valence-corrected chi connectivity index (χ3v) is 7.40. The van der Waals surface area contributed by atoms with Gasteiger partial charge < -0.3 is 4.57 Å². The van der Waals surface area contributed by atoms with Crippen LogP contribution in [0.1, 0.15) is 17.8 Å². The fraction of sp³-hybridized carbons (Fsp3) is 0.467. The monoisotopic (exact) mass is 415 g/mol. The molecule has 0 aliphatic carbocycles. The summed E-state index contributed by atoms with van der Waals surface area (Å²) in [6.45, 7) is 0. The number of halogens is 1. The van der Waals surface area contributed by atoms with Gasteiger partial charge in [-0.3, -0.25) is 0 Å². The van der Waals surface area contributed by atoms with Crippen LogP contribution in [0.2, 0.25) is 0 Å². The highest BCUT2D eigenvalue weighted by Gasteiger charge is 2.29. The van der Waals surface area contributed by atoms with Gasteiger partial charge in [0.2, 0.25) is 0 Å². The number of thioether (sulfide) groups is 1. The van der Waals surface area contributed by atoms with Crippen molar-refractivity contribution in [3.05, 3.63) is 40.1 Å². The molecule has 3 rings (SSSR count). The molecule has 1 atom stereocenters. The van der Waals surface area contributed by atoms with Crippen molar-refractivity contribution >= 4 is 37.5 Å². The maximum atomic E-state index is 11.6. The Hall–Kier alpha value is -0.860. The molecule has 1 aliphatic rings. The number of aromatic nitrogens is 3. The van der Waals surface area contributed by atoms with E-state index < -0.39 is 9.84 Å². The number of benzene rings is 1. The quantitative estimate of drug-likeness (QED) is 0.702. The first-order chi connectivity index (χ1) is 10.9. The van der Waals surface area contributed by atoms with Crippen LogP contribution in [-0.2, 0) is 29.1 Å². The lowest BCUT2D eigenvalue weighted by Crippen LogP contribution is -2.11. The molecule has 23 heavy (non-hydrogen) atoms. The van der Waals surface area contributed by atoms with Crippen LogP contribution in [0.25, 0.3) is 0 Å². The van der Waals surface area contributed by atoms with Crippen molar-refractivity contribution in [2.45, 2.75) is 23.8 Å². The number of rotatable bonds is 5. The third kappa shape index (κ3) is 4.36. The zero-order chi connectivity index (χ0) is 16.4. The molecule has 1 saturated heterocycles. The molecule has 0 bridgehead atoms. The molecule has 1 aromatic heterocycles. The Bertz CT molecular complexity index is 805. The molecule has 1 aliphatic heterocycles. The molecule has 5 nitrogen and oxygen atoms in total. The summed E-state index contributed by atoms with van der Waals surface area (Å²) in [4.78, 5) is 0. The maximum absolute atomic E-state index is 11.6. The topological polar surface area (TPSA) is 64.8 Å². The number of sulfone groups is 1. The first-order valence-corrected chi connectivity index (χ1v) is 11.0. The van der Waals surface area contributed by atoms with Crippen LogP contribution in [0.4, 0.5) is 0 Å². The standard InChI is InChI=1S/C15H18BrN3O2S2/c1-19-14(8-12-5-6-23(20,21)10-12)17-18-15(19)22-9-11-3-2-4-13(16)7-11/h2-4,7,12H,5-6,8-10H2,1H3/t12-/m1/s1. The first-order valence-electron chi connectivity index (χ1n) is 7.39. The Balaban J connectivity index is 1.63. The summed E-state index contributed by atoms with van der Waals surface area (Å²) in [6, 6.07) is 8.19. The number of nitrogens with zero attached hydrogens (tertiary/aromatic N) is 3. The van der Waals surface area contributed by atoms with Gasteiger partial charge in [-0.2, -0.15) is 0 Å². The van der Waals surface area contributed by atoms with Gasteiger partial charge in [-0.05, 0) is 30.0 Å². The van der Waals surface area contributed by atoms with Gasteiger partial charge in [-0.15, -0.1) is 10.2 Å².